The number of rotatable bonds is 4. The van der Waals surface area contributed by atoms with Gasteiger partial charge < -0.3 is 8.37 Å². The lowest BCUT2D eigenvalue weighted by atomic mass is 10.6. The smallest absolute Gasteiger partial charge is 0.306 e. The van der Waals surface area contributed by atoms with Gasteiger partial charge in [-0.25, -0.2) is 0 Å². The molecule has 0 atom stereocenters. The molecule has 0 aliphatic heterocycles. The summed E-state index contributed by atoms with van der Waals surface area (Å²) in [5.74, 6) is -0.263. The van der Waals surface area contributed by atoms with Crippen LogP contribution in [0.25, 0.3) is 0 Å². The van der Waals surface area contributed by atoms with E-state index in [0.29, 0.717) is 0 Å². The summed E-state index contributed by atoms with van der Waals surface area (Å²) in [5, 5.41) is 2.67. The molecule has 0 bridgehead atoms. The van der Waals surface area contributed by atoms with Crippen LogP contribution in [0.1, 0.15) is 0 Å². The van der Waals surface area contributed by atoms with Crippen molar-refractivity contribution in [2.45, 2.75) is 0 Å². The molecular formula is C6H8O6S3. The van der Waals surface area contributed by atoms with Crippen LogP contribution < -0.4 is 8.37 Å². The minimum atomic E-state index is -3.69. The van der Waals surface area contributed by atoms with Gasteiger partial charge in [-0.1, -0.05) is 0 Å². The van der Waals surface area contributed by atoms with Crippen LogP contribution in [-0.2, 0) is 20.2 Å². The van der Waals surface area contributed by atoms with E-state index in [9.17, 15) is 16.8 Å². The first-order valence-electron chi connectivity index (χ1n) is 3.52. The van der Waals surface area contributed by atoms with Crippen molar-refractivity contribution in [3.8, 4) is 11.5 Å². The molecule has 1 aromatic heterocycles. The fourth-order valence-electron chi connectivity index (χ4n) is 0.721. The van der Waals surface area contributed by atoms with Crippen molar-refractivity contribution in [1.82, 2.24) is 0 Å². The molecule has 15 heavy (non-hydrogen) atoms. The molecule has 0 amide bonds. The van der Waals surface area contributed by atoms with Crippen LogP contribution >= 0.6 is 11.3 Å². The Morgan fingerprint density at radius 1 is 0.933 bits per heavy atom. The Morgan fingerprint density at radius 2 is 1.27 bits per heavy atom. The van der Waals surface area contributed by atoms with Gasteiger partial charge >= 0.3 is 20.2 Å². The molecule has 0 fully saturated rings. The standard InChI is InChI=1S/C6H8O6S3/c1-14(7,8)11-5-3-13-4-6(5)12-15(2,9)10/h3-4H,1-2H3. The van der Waals surface area contributed by atoms with Crippen LogP contribution in [0, 0.1) is 0 Å². The monoisotopic (exact) mass is 272 g/mol. The summed E-state index contributed by atoms with van der Waals surface area (Å²) in [6.45, 7) is 0. The molecule has 86 valence electrons. The summed E-state index contributed by atoms with van der Waals surface area (Å²) in [4.78, 5) is 0. The van der Waals surface area contributed by atoms with E-state index < -0.39 is 20.2 Å². The second-order valence-corrected chi connectivity index (χ2v) is 6.57. The third-order valence-corrected chi connectivity index (χ3v) is 2.74. The van der Waals surface area contributed by atoms with Crippen LogP contribution in [-0.4, -0.2) is 29.3 Å². The Bertz CT molecular complexity index is 489. The van der Waals surface area contributed by atoms with Crippen LogP contribution in [0.15, 0.2) is 10.8 Å². The van der Waals surface area contributed by atoms with E-state index >= 15 is 0 Å². The van der Waals surface area contributed by atoms with Gasteiger partial charge in [0.2, 0.25) is 0 Å². The average Bonchev–Trinajstić information content (AvgIpc) is 2.29. The predicted octanol–water partition coefficient (Wildman–Crippen LogP) is 0.425. The highest BCUT2D eigenvalue weighted by molar-refractivity contribution is 7.86. The van der Waals surface area contributed by atoms with Crippen LogP contribution in [0.4, 0.5) is 0 Å². The van der Waals surface area contributed by atoms with Gasteiger partial charge in [-0.2, -0.15) is 16.8 Å². The molecule has 0 saturated carbocycles. The second-order valence-electron chi connectivity index (χ2n) is 2.68. The predicted molar refractivity (Wildman–Crippen MR) is 55.3 cm³/mol. The number of hydrogen-bond acceptors (Lipinski definition) is 7. The van der Waals surface area contributed by atoms with E-state index in [2.05, 4.69) is 8.37 Å². The van der Waals surface area contributed by atoms with Gasteiger partial charge in [0.25, 0.3) is 0 Å². The lowest BCUT2D eigenvalue weighted by Crippen LogP contribution is -2.09. The molecule has 9 heteroatoms. The highest BCUT2D eigenvalue weighted by Crippen LogP contribution is 2.33. The summed E-state index contributed by atoms with van der Waals surface area (Å²) in [7, 11) is -7.39. The van der Waals surface area contributed by atoms with Crippen molar-refractivity contribution < 1.29 is 25.2 Å². The Morgan fingerprint density at radius 3 is 1.53 bits per heavy atom. The van der Waals surface area contributed by atoms with E-state index in [1.54, 1.807) is 0 Å². The number of hydrogen-bond donors (Lipinski definition) is 0. The first-order chi connectivity index (χ1) is 6.67. The van der Waals surface area contributed by atoms with Crippen molar-refractivity contribution in [3.63, 3.8) is 0 Å². The molecule has 1 aromatic rings. The zero-order valence-electron chi connectivity index (χ0n) is 7.83. The summed E-state index contributed by atoms with van der Waals surface area (Å²) in [6, 6.07) is 0. The quantitative estimate of drug-likeness (QED) is 0.738. The van der Waals surface area contributed by atoms with Crippen molar-refractivity contribution in [1.29, 1.82) is 0 Å². The lowest BCUT2D eigenvalue weighted by Gasteiger charge is -2.04. The highest BCUT2D eigenvalue weighted by Gasteiger charge is 2.15. The summed E-state index contributed by atoms with van der Waals surface area (Å²) in [6.07, 6.45) is 1.71. The highest BCUT2D eigenvalue weighted by atomic mass is 32.2. The molecule has 0 aliphatic carbocycles. The topological polar surface area (TPSA) is 86.7 Å². The third-order valence-electron chi connectivity index (χ3n) is 1.08. The van der Waals surface area contributed by atoms with Crippen molar-refractivity contribution in [3.05, 3.63) is 10.8 Å². The van der Waals surface area contributed by atoms with Crippen LogP contribution in [0.3, 0.4) is 0 Å². The van der Waals surface area contributed by atoms with E-state index in [-0.39, 0.29) is 11.5 Å². The van der Waals surface area contributed by atoms with Crippen LogP contribution in [0.5, 0.6) is 11.5 Å². The van der Waals surface area contributed by atoms with Gasteiger partial charge in [0.15, 0.2) is 11.5 Å². The van der Waals surface area contributed by atoms with E-state index in [1.807, 2.05) is 0 Å². The molecule has 0 N–H and O–H groups in total. The van der Waals surface area contributed by atoms with Gasteiger partial charge in [-0.3, -0.25) is 0 Å². The Kier molecular flexibility index (Phi) is 3.26. The van der Waals surface area contributed by atoms with Crippen molar-refractivity contribution in [2.24, 2.45) is 0 Å². The summed E-state index contributed by atoms with van der Waals surface area (Å²) >= 11 is 1.07. The molecule has 1 heterocycles. The molecule has 0 radical (unpaired) electrons. The summed E-state index contributed by atoms with van der Waals surface area (Å²) < 4.78 is 52.2. The van der Waals surface area contributed by atoms with Gasteiger partial charge in [-0.15, -0.1) is 11.3 Å². The van der Waals surface area contributed by atoms with Crippen molar-refractivity contribution >= 4 is 31.6 Å². The van der Waals surface area contributed by atoms with Gasteiger partial charge in [-0.05, 0) is 0 Å². The maximum Gasteiger partial charge on any atom is 0.306 e. The number of thiophene rings is 1. The lowest BCUT2D eigenvalue weighted by molar-refractivity contribution is 0.458. The Labute approximate surface area is 91.7 Å². The van der Waals surface area contributed by atoms with Gasteiger partial charge in [0.05, 0.1) is 12.5 Å². The SMILES string of the molecule is CS(=O)(=O)Oc1cscc1OS(C)(=O)=O. The zero-order chi connectivity index (χ0) is 11.7. The van der Waals surface area contributed by atoms with Gasteiger partial charge in [0.1, 0.15) is 0 Å². The molecule has 0 saturated heterocycles. The maximum absolute atomic E-state index is 10.8. The molecule has 0 spiro atoms. The second kappa shape index (κ2) is 3.99. The van der Waals surface area contributed by atoms with E-state index in [1.165, 1.54) is 10.8 Å². The molecule has 6 nitrogen and oxygen atoms in total. The fourth-order valence-corrected chi connectivity index (χ4v) is 2.40. The maximum atomic E-state index is 10.8. The normalized spacial score (nSPS) is 12.4. The largest absolute Gasteiger partial charge is 0.378 e. The molecule has 0 aromatic carbocycles. The molecule has 1 rings (SSSR count). The van der Waals surface area contributed by atoms with Gasteiger partial charge in [0, 0.05) is 10.8 Å². The molecule has 0 unspecified atom stereocenters. The van der Waals surface area contributed by atoms with E-state index in [4.69, 9.17) is 0 Å². The molecular weight excluding hydrogens is 264 g/mol. The minimum Gasteiger partial charge on any atom is -0.378 e. The fraction of sp³-hybridized carbons (Fsp3) is 0.333. The Hall–Kier alpha value is -0.800. The molecule has 0 aliphatic rings. The first kappa shape index (κ1) is 12.3. The Balaban J connectivity index is 2.98. The van der Waals surface area contributed by atoms with E-state index in [0.717, 1.165) is 23.8 Å². The third kappa shape index (κ3) is 4.49. The van der Waals surface area contributed by atoms with Crippen LogP contribution in [0.2, 0.25) is 0 Å². The minimum absolute atomic E-state index is 0.132. The first-order valence-corrected chi connectivity index (χ1v) is 8.10. The zero-order valence-corrected chi connectivity index (χ0v) is 10.3. The average molecular weight is 272 g/mol. The van der Waals surface area contributed by atoms with Crippen molar-refractivity contribution in [2.75, 3.05) is 12.5 Å². The summed E-state index contributed by atoms with van der Waals surface area (Å²) in [5.41, 5.74) is 0.